The smallest absolute Gasteiger partial charge is 0.174 e. The van der Waals surface area contributed by atoms with Crippen molar-refractivity contribution in [2.24, 2.45) is 22.0 Å². The molecule has 0 aliphatic carbocycles. The number of thiol groups is 2. The first-order chi connectivity index (χ1) is 9.33. The van der Waals surface area contributed by atoms with E-state index in [9.17, 15) is 0 Å². The maximum atomic E-state index is 4.03. The summed E-state index contributed by atoms with van der Waals surface area (Å²) < 4.78 is 1.38. The average molecular weight is 548 g/mol. The summed E-state index contributed by atoms with van der Waals surface area (Å²) in [6, 6.07) is 0. The van der Waals surface area contributed by atoms with E-state index in [4.69, 9.17) is 0 Å². The van der Waals surface area contributed by atoms with Crippen molar-refractivity contribution in [3.63, 3.8) is 0 Å². The monoisotopic (exact) mass is 547 g/mol. The first-order valence-corrected chi connectivity index (χ1v) is 9.36. The van der Waals surface area contributed by atoms with Gasteiger partial charge in [0.05, 0.1) is 0 Å². The van der Waals surface area contributed by atoms with Gasteiger partial charge in [-0.2, -0.15) is 0 Å². The zero-order valence-corrected chi connectivity index (χ0v) is 18.8. The molecule has 0 fully saturated rings. The molecule has 0 rings (SSSR count). The van der Waals surface area contributed by atoms with E-state index in [1.807, 2.05) is 12.5 Å². The summed E-state index contributed by atoms with van der Waals surface area (Å²) in [5.74, 6) is 0.901. The number of thioether (sulfide) groups is 2. The molecular formula is C12H24N4PtS4. The second-order valence-electron chi connectivity index (χ2n) is 4.19. The van der Waals surface area contributed by atoms with Crippen LogP contribution >= 0.6 is 23.5 Å². The molecule has 9 heteroatoms. The Balaban J connectivity index is -0.000000295. The Kier molecular flexibility index (Phi) is 23.3. The van der Waals surface area contributed by atoms with E-state index >= 15 is 0 Å². The first kappa shape index (κ1) is 26.4. The minimum atomic E-state index is 0. The molecule has 126 valence electrons. The van der Waals surface area contributed by atoms with Crippen molar-refractivity contribution in [3.05, 3.63) is 10.9 Å². The van der Waals surface area contributed by atoms with Gasteiger partial charge in [-0.1, -0.05) is 51.2 Å². The maximum Gasteiger partial charge on any atom is 0.174 e. The predicted octanol–water partition coefficient (Wildman–Crippen LogP) is 3.46. The van der Waals surface area contributed by atoms with Crippen LogP contribution in [0.3, 0.4) is 0 Å². The Morgan fingerprint density at radius 2 is 1.14 bits per heavy atom. The van der Waals surface area contributed by atoms with Crippen LogP contribution in [0.4, 0.5) is 0 Å². The second kappa shape index (κ2) is 18.6. The first-order valence-electron chi connectivity index (χ1n) is 6.01. The largest absolute Gasteiger partial charge is 0.520 e. The third kappa shape index (κ3) is 25.8. The van der Waals surface area contributed by atoms with Gasteiger partial charge in [-0.3, -0.25) is 0 Å². The Labute approximate surface area is 162 Å². The number of hydrogen-bond donors (Lipinski definition) is 0. The minimum Gasteiger partial charge on any atom is -0.520 e. The van der Waals surface area contributed by atoms with Gasteiger partial charge in [-0.25, -0.2) is 0 Å². The van der Waals surface area contributed by atoms with Crippen LogP contribution in [-0.4, -0.2) is 33.6 Å². The van der Waals surface area contributed by atoms with Gasteiger partial charge >= 0.3 is 0 Å². The number of hydrogen-bond acceptors (Lipinski definition) is 4. The van der Waals surface area contributed by atoms with E-state index in [2.05, 4.69) is 73.2 Å². The van der Waals surface area contributed by atoms with Gasteiger partial charge in [-0.15, -0.1) is 0 Å². The van der Waals surface area contributed by atoms with Crippen molar-refractivity contribution in [2.45, 2.75) is 27.7 Å². The van der Waals surface area contributed by atoms with E-state index in [0.717, 1.165) is 0 Å². The van der Waals surface area contributed by atoms with Gasteiger partial charge in [0.25, 0.3) is 0 Å². The Bertz CT molecular complexity index is 301. The second-order valence-corrected chi connectivity index (χ2v) is 7.23. The van der Waals surface area contributed by atoms with Crippen molar-refractivity contribution in [2.75, 3.05) is 12.5 Å². The molecule has 0 heterocycles. The van der Waals surface area contributed by atoms with Crippen molar-refractivity contribution in [1.29, 1.82) is 0 Å². The van der Waals surface area contributed by atoms with Crippen LogP contribution in [-0.2, 0) is 45.5 Å². The fraction of sp³-hybridized carbons (Fsp3) is 0.667. The molecule has 0 spiro atoms. The Hall–Kier alpha value is 0.508. The Morgan fingerprint density at radius 3 is 1.33 bits per heavy atom. The van der Waals surface area contributed by atoms with Crippen molar-refractivity contribution in [3.8, 4) is 0 Å². The van der Waals surface area contributed by atoms with E-state index in [-0.39, 0.29) is 21.1 Å². The number of rotatable bonds is 4. The molecule has 21 heavy (non-hydrogen) atoms. The summed E-state index contributed by atoms with van der Waals surface area (Å²) in [5.41, 5.74) is 7.59. The van der Waals surface area contributed by atoms with Crippen LogP contribution in [0.25, 0.3) is 10.9 Å². The molecule has 0 saturated heterocycles. The zero-order chi connectivity index (χ0) is 16.0. The van der Waals surface area contributed by atoms with Gasteiger partial charge in [0.15, 0.2) is 33.1 Å². The Morgan fingerprint density at radius 1 is 0.857 bits per heavy atom. The van der Waals surface area contributed by atoms with E-state index < -0.39 is 0 Å². The van der Waals surface area contributed by atoms with Crippen LogP contribution in [0.5, 0.6) is 0 Å². The molecule has 0 atom stereocenters. The maximum absolute atomic E-state index is 4.03. The molecule has 0 aromatic rings. The standard InChI is InChI=1S/2C6H12N2S2.Pt/c2*1-5(2)4-7-8-6(9)10-3;/h2*4-5H,1-3H3,(H,8,9);. The topological polar surface area (TPSA) is 52.9 Å². The molecule has 0 bridgehead atoms. The van der Waals surface area contributed by atoms with Gasteiger partial charge in [-0.05, 0) is 36.8 Å². The van der Waals surface area contributed by atoms with E-state index in [0.29, 0.717) is 20.5 Å². The third-order valence-electron chi connectivity index (χ3n) is 1.38. The molecule has 0 radical (unpaired) electrons. The van der Waals surface area contributed by atoms with Crippen LogP contribution in [0.15, 0.2) is 10.2 Å². The molecule has 0 aliphatic heterocycles. The van der Waals surface area contributed by atoms with Crippen LogP contribution in [0, 0.1) is 11.8 Å². The van der Waals surface area contributed by atoms with Gasteiger partial charge < -0.3 is 21.1 Å². The van der Waals surface area contributed by atoms with E-state index in [1.165, 1.54) is 23.5 Å². The van der Waals surface area contributed by atoms with E-state index in [1.54, 1.807) is 12.4 Å². The summed E-state index contributed by atoms with van der Waals surface area (Å²) in [6.45, 7) is 8.21. The summed E-state index contributed by atoms with van der Waals surface area (Å²) in [5, 5.41) is 7.61. The molecule has 0 N–H and O–H groups in total. The van der Waals surface area contributed by atoms with Crippen LogP contribution < -0.4 is 0 Å². The molecule has 0 amide bonds. The SMILES string of the molecule is CSC(=[SH+])[N-]N=CC(C)C.CSC(=[SH+])[N-]N=CC(C)C.[Pt]. The summed E-state index contributed by atoms with van der Waals surface area (Å²) in [6.07, 6.45) is 7.40. The molecule has 4 nitrogen and oxygen atoms in total. The third-order valence-corrected chi connectivity index (χ3v) is 3.55. The predicted molar refractivity (Wildman–Crippen MR) is 108 cm³/mol. The van der Waals surface area contributed by atoms with Crippen molar-refractivity contribution in [1.82, 2.24) is 0 Å². The molecule has 0 aromatic carbocycles. The molecule has 0 saturated carbocycles. The van der Waals surface area contributed by atoms with Gasteiger partial charge in [0.2, 0.25) is 0 Å². The average Bonchev–Trinajstić information content (AvgIpc) is 2.38. The van der Waals surface area contributed by atoms with Crippen LogP contribution in [0.2, 0.25) is 0 Å². The summed E-state index contributed by atoms with van der Waals surface area (Å²) >= 11 is 11.0. The number of nitrogens with zero attached hydrogens (tertiary/aromatic N) is 4. The zero-order valence-electron chi connectivity index (χ0n) is 13.1. The molecule has 0 aromatic heterocycles. The van der Waals surface area contributed by atoms with Crippen molar-refractivity contribution >= 4 is 69.0 Å². The molecular weight excluding hydrogens is 524 g/mol. The van der Waals surface area contributed by atoms with Crippen LogP contribution in [0.1, 0.15) is 27.7 Å². The van der Waals surface area contributed by atoms with Gasteiger partial charge in [0.1, 0.15) is 0 Å². The fourth-order valence-corrected chi connectivity index (χ4v) is 0.875. The molecule has 0 unspecified atom stereocenters. The fourth-order valence-electron chi connectivity index (χ4n) is 0.514. The normalized spacial score (nSPS) is 10.3. The summed E-state index contributed by atoms with van der Waals surface area (Å²) in [7, 11) is 0. The minimum absolute atomic E-state index is 0. The van der Waals surface area contributed by atoms with Gasteiger partial charge in [0, 0.05) is 21.1 Å². The molecule has 0 aliphatic rings. The van der Waals surface area contributed by atoms with Crippen molar-refractivity contribution < 1.29 is 21.1 Å². The summed E-state index contributed by atoms with van der Waals surface area (Å²) in [4.78, 5) is 0. The quantitative estimate of drug-likeness (QED) is 0.178.